The number of unbranched alkanes of at least 4 members (excludes halogenated alkanes) is 1. The van der Waals surface area contributed by atoms with Gasteiger partial charge in [-0.1, -0.05) is 30.3 Å². The zero-order valence-corrected chi connectivity index (χ0v) is 26.6. The van der Waals surface area contributed by atoms with Gasteiger partial charge in [-0.2, -0.15) is 0 Å². The Morgan fingerprint density at radius 3 is 1.96 bits per heavy atom. The zero-order chi connectivity index (χ0) is 34.2. The number of carbonyl (C=O) groups excluding carboxylic acids is 4. The Bertz CT molecular complexity index is 1330. The first-order chi connectivity index (χ1) is 21.8. The highest BCUT2D eigenvalue weighted by molar-refractivity contribution is 5.94. The van der Waals surface area contributed by atoms with Crippen LogP contribution in [0.1, 0.15) is 54.4 Å². The van der Waals surface area contributed by atoms with E-state index in [1.54, 1.807) is 26.0 Å². The summed E-state index contributed by atoms with van der Waals surface area (Å²) in [5.41, 5.74) is 31.1. The van der Waals surface area contributed by atoms with Gasteiger partial charge in [-0.05, 0) is 86.9 Å². The standard InChI is InChI=1S/C32H49N9O5/c1-19-15-22(42)16-20(2)23(19)18-27(41-29(44)24(34)11-8-14-38-32(36)37)31(46)39-25(12-6-7-13-33)30(45)40-26(28(35)43)17-21-9-4-3-5-10-21/h3-5,9-10,15-16,24-27,42H,6-8,11-14,17-18,33-34H2,1-2H3,(H2,35,43)(H,39,46)(H,40,45)(H,41,44)(H4,36,37,38)/t24-,25+,26-,27-/m0/s1. The van der Waals surface area contributed by atoms with Crippen LogP contribution in [-0.2, 0) is 32.0 Å². The van der Waals surface area contributed by atoms with Gasteiger partial charge < -0.3 is 49.7 Å². The third-order valence-corrected chi connectivity index (χ3v) is 7.55. The Balaban J connectivity index is 2.30. The molecule has 14 N–H and O–H groups in total. The van der Waals surface area contributed by atoms with Crippen molar-refractivity contribution in [3.8, 4) is 5.75 Å². The minimum Gasteiger partial charge on any atom is -0.508 e. The molecule has 0 aliphatic carbocycles. The third-order valence-electron chi connectivity index (χ3n) is 7.55. The van der Waals surface area contributed by atoms with Crippen molar-refractivity contribution in [2.45, 2.75) is 83.0 Å². The number of amides is 4. The summed E-state index contributed by atoms with van der Waals surface area (Å²) in [5.74, 6) is -2.51. The average molecular weight is 640 g/mol. The number of phenols is 1. The second-order valence-corrected chi connectivity index (χ2v) is 11.4. The monoisotopic (exact) mass is 639 g/mol. The molecule has 0 radical (unpaired) electrons. The molecule has 0 fully saturated rings. The van der Waals surface area contributed by atoms with Gasteiger partial charge in [-0.3, -0.25) is 24.2 Å². The van der Waals surface area contributed by atoms with Crippen LogP contribution in [0, 0.1) is 13.8 Å². The number of hydrogen-bond acceptors (Lipinski definition) is 8. The number of nitrogens with one attached hydrogen (secondary N) is 3. The van der Waals surface area contributed by atoms with E-state index >= 15 is 0 Å². The van der Waals surface area contributed by atoms with Gasteiger partial charge in [-0.25, -0.2) is 0 Å². The number of aliphatic imine (C=N–C) groups is 1. The topological polar surface area (TPSA) is 267 Å². The summed E-state index contributed by atoms with van der Waals surface area (Å²) in [6, 6.07) is 8.07. The fourth-order valence-corrected chi connectivity index (χ4v) is 5.01. The van der Waals surface area contributed by atoms with E-state index in [9.17, 15) is 24.3 Å². The molecule has 2 rings (SSSR count). The van der Waals surface area contributed by atoms with E-state index in [4.69, 9.17) is 28.7 Å². The van der Waals surface area contributed by atoms with E-state index in [0.29, 0.717) is 36.9 Å². The molecule has 14 nitrogen and oxygen atoms in total. The number of primary amides is 1. The number of aryl methyl sites for hydroxylation is 2. The van der Waals surface area contributed by atoms with Crippen molar-refractivity contribution in [1.29, 1.82) is 0 Å². The van der Waals surface area contributed by atoms with Gasteiger partial charge in [-0.15, -0.1) is 0 Å². The van der Waals surface area contributed by atoms with Crippen molar-refractivity contribution in [2.75, 3.05) is 13.1 Å². The summed E-state index contributed by atoms with van der Waals surface area (Å²) in [4.78, 5) is 56.6. The van der Waals surface area contributed by atoms with Gasteiger partial charge >= 0.3 is 0 Å². The van der Waals surface area contributed by atoms with Gasteiger partial charge in [0.1, 0.15) is 23.9 Å². The summed E-state index contributed by atoms with van der Waals surface area (Å²) in [5, 5.41) is 18.2. The van der Waals surface area contributed by atoms with Crippen LogP contribution in [0.5, 0.6) is 5.75 Å². The van der Waals surface area contributed by atoms with Crippen LogP contribution in [0.2, 0.25) is 0 Å². The molecule has 0 bridgehead atoms. The molecule has 0 saturated heterocycles. The maximum atomic E-state index is 13.8. The molecular formula is C32H49N9O5. The van der Waals surface area contributed by atoms with E-state index in [-0.39, 0.29) is 43.9 Å². The molecule has 0 aliphatic heterocycles. The van der Waals surface area contributed by atoms with Gasteiger partial charge in [0.25, 0.3) is 0 Å². The van der Waals surface area contributed by atoms with E-state index < -0.39 is 47.8 Å². The molecule has 0 aromatic heterocycles. The lowest BCUT2D eigenvalue weighted by atomic mass is 9.95. The number of hydrogen-bond donors (Lipinski definition) is 9. The van der Waals surface area contributed by atoms with Gasteiger partial charge in [0, 0.05) is 19.4 Å². The van der Waals surface area contributed by atoms with Gasteiger partial charge in [0.2, 0.25) is 23.6 Å². The third kappa shape index (κ3) is 12.7. The number of nitrogens with zero attached hydrogens (tertiary/aromatic N) is 1. The highest BCUT2D eigenvalue weighted by Crippen LogP contribution is 2.22. The Kier molecular flexibility index (Phi) is 15.5. The summed E-state index contributed by atoms with van der Waals surface area (Å²) in [6.07, 6.45) is 2.27. The largest absolute Gasteiger partial charge is 0.508 e. The van der Waals surface area contributed by atoms with Crippen molar-refractivity contribution in [3.05, 3.63) is 64.7 Å². The van der Waals surface area contributed by atoms with Crippen LogP contribution in [0.3, 0.4) is 0 Å². The smallest absolute Gasteiger partial charge is 0.243 e. The van der Waals surface area contributed by atoms with Gasteiger partial charge in [0.15, 0.2) is 5.96 Å². The minimum atomic E-state index is -1.13. The predicted octanol–water partition coefficient (Wildman–Crippen LogP) is -0.756. The van der Waals surface area contributed by atoms with Crippen LogP contribution in [0.25, 0.3) is 0 Å². The van der Waals surface area contributed by atoms with Crippen molar-refractivity contribution in [2.24, 2.45) is 33.7 Å². The second-order valence-electron chi connectivity index (χ2n) is 11.4. The van der Waals surface area contributed by atoms with E-state index in [0.717, 1.165) is 11.1 Å². The van der Waals surface area contributed by atoms with E-state index in [2.05, 4.69) is 20.9 Å². The number of guanidine groups is 1. The van der Waals surface area contributed by atoms with E-state index in [1.807, 2.05) is 30.3 Å². The van der Waals surface area contributed by atoms with Crippen molar-refractivity contribution < 1.29 is 24.3 Å². The Morgan fingerprint density at radius 2 is 1.37 bits per heavy atom. The van der Waals surface area contributed by atoms with Crippen LogP contribution in [-0.4, -0.2) is 72.0 Å². The SMILES string of the molecule is Cc1cc(O)cc(C)c1C[C@H](NC(=O)[C@@H](N)CCCN=C(N)N)C(=O)N[C@H](CCCCN)C(=O)N[C@@H](Cc1ccccc1)C(N)=O. The molecule has 0 saturated carbocycles. The lowest BCUT2D eigenvalue weighted by molar-refractivity contribution is -0.133. The summed E-state index contributed by atoms with van der Waals surface area (Å²) >= 11 is 0. The molecule has 2 aromatic rings. The molecule has 2 aromatic carbocycles. The molecule has 14 heteroatoms. The lowest BCUT2D eigenvalue weighted by Crippen LogP contribution is -2.58. The van der Waals surface area contributed by atoms with E-state index in [1.165, 1.54) is 0 Å². The number of phenolic OH excluding ortho intramolecular Hbond substituents is 1. The van der Waals surface area contributed by atoms with Crippen molar-refractivity contribution in [3.63, 3.8) is 0 Å². The predicted molar refractivity (Wildman–Crippen MR) is 177 cm³/mol. The average Bonchev–Trinajstić information content (AvgIpc) is 2.99. The minimum absolute atomic E-state index is 0.0608. The number of nitrogens with two attached hydrogens (primary N) is 5. The Hall–Kier alpha value is -4.69. The molecule has 0 aliphatic rings. The Labute approximate surface area is 269 Å². The fourth-order valence-electron chi connectivity index (χ4n) is 5.01. The molecule has 0 spiro atoms. The zero-order valence-electron chi connectivity index (χ0n) is 26.6. The summed E-state index contributed by atoms with van der Waals surface area (Å²) in [7, 11) is 0. The molecule has 4 atom stereocenters. The molecule has 0 unspecified atom stereocenters. The molecule has 46 heavy (non-hydrogen) atoms. The normalized spacial score (nSPS) is 13.5. The first kappa shape index (κ1) is 37.5. The highest BCUT2D eigenvalue weighted by Gasteiger charge is 2.30. The second kappa shape index (κ2) is 19.0. The number of rotatable bonds is 19. The Morgan fingerprint density at radius 1 is 0.783 bits per heavy atom. The molecular weight excluding hydrogens is 590 g/mol. The van der Waals surface area contributed by atoms with Crippen molar-refractivity contribution in [1.82, 2.24) is 16.0 Å². The summed E-state index contributed by atoms with van der Waals surface area (Å²) in [6.45, 7) is 4.25. The maximum absolute atomic E-state index is 13.8. The number of carbonyl (C=O) groups is 4. The molecule has 4 amide bonds. The van der Waals surface area contributed by atoms with Gasteiger partial charge in [0.05, 0.1) is 6.04 Å². The lowest BCUT2D eigenvalue weighted by Gasteiger charge is -2.26. The quantitative estimate of drug-likeness (QED) is 0.0530. The number of aromatic hydroxyl groups is 1. The highest BCUT2D eigenvalue weighted by atomic mass is 16.3. The van der Waals surface area contributed by atoms with Crippen molar-refractivity contribution >= 4 is 29.6 Å². The molecule has 252 valence electrons. The molecule has 0 heterocycles. The van der Waals surface area contributed by atoms with Crippen LogP contribution < -0.4 is 44.6 Å². The van der Waals surface area contributed by atoms with Crippen LogP contribution in [0.15, 0.2) is 47.5 Å². The first-order valence-corrected chi connectivity index (χ1v) is 15.4. The first-order valence-electron chi connectivity index (χ1n) is 15.4. The summed E-state index contributed by atoms with van der Waals surface area (Å²) < 4.78 is 0. The maximum Gasteiger partial charge on any atom is 0.243 e. The van der Waals surface area contributed by atoms with Crippen LogP contribution >= 0.6 is 0 Å². The van der Waals surface area contributed by atoms with Crippen LogP contribution in [0.4, 0.5) is 0 Å². The fraction of sp³-hybridized carbons (Fsp3) is 0.469. The number of benzene rings is 2.